The first kappa shape index (κ1) is 19.2. The van der Waals surface area contributed by atoms with Gasteiger partial charge in [-0.2, -0.15) is 5.10 Å². The molecule has 10 heteroatoms. The number of carbonyl (C=O) groups is 3. The second kappa shape index (κ2) is 8.40. The highest BCUT2D eigenvalue weighted by Gasteiger charge is 2.18. The van der Waals surface area contributed by atoms with E-state index in [9.17, 15) is 14.4 Å². The first-order valence-corrected chi connectivity index (χ1v) is 8.40. The Labute approximate surface area is 163 Å². The molecule has 1 heterocycles. The molecule has 1 aromatic heterocycles. The van der Waals surface area contributed by atoms with Gasteiger partial charge in [-0.15, -0.1) is 0 Å². The number of benzene rings is 2. The monoisotopic (exact) mass is 402 g/mol. The summed E-state index contributed by atoms with van der Waals surface area (Å²) in [6, 6.07) is 11.5. The van der Waals surface area contributed by atoms with Crippen molar-refractivity contribution < 1.29 is 23.9 Å². The van der Waals surface area contributed by atoms with Gasteiger partial charge in [0.05, 0.1) is 18.2 Å². The Bertz CT molecular complexity index is 1050. The summed E-state index contributed by atoms with van der Waals surface area (Å²) in [5.74, 6) is -1.86. The van der Waals surface area contributed by atoms with Gasteiger partial charge in [0.15, 0.2) is 12.3 Å². The van der Waals surface area contributed by atoms with Crippen LogP contribution in [0.5, 0.6) is 5.75 Å². The molecule has 3 rings (SSSR count). The van der Waals surface area contributed by atoms with E-state index in [2.05, 4.69) is 21.0 Å². The van der Waals surface area contributed by atoms with Crippen LogP contribution in [0.4, 0.5) is 0 Å². The van der Waals surface area contributed by atoms with Crippen molar-refractivity contribution in [2.45, 2.75) is 0 Å². The number of aromatic amines is 1. The maximum atomic E-state index is 12.2. The van der Waals surface area contributed by atoms with Crippen LogP contribution < -0.4 is 15.6 Å². The van der Waals surface area contributed by atoms with Crippen LogP contribution >= 0.6 is 11.6 Å². The van der Waals surface area contributed by atoms with Gasteiger partial charge < -0.3 is 9.47 Å². The zero-order valence-electron chi connectivity index (χ0n) is 14.6. The summed E-state index contributed by atoms with van der Waals surface area (Å²) in [6.07, 6.45) is 0. The standard InChI is InChI=1S/C18H15ClN4O5/c1-27-14-7-6-10(19)8-12(14)17(25)23-21-15(24)9-28-18(26)16-11-4-2-3-5-13(11)20-22-16/h2-8H,9H2,1H3,(H,20,22)(H,21,24)(H,23,25). The largest absolute Gasteiger partial charge is 0.496 e. The predicted octanol–water partition coefficient (Wildman–Crippen LogP) is 1.84. The summed E-state index contributed by atoms with van der Waals surface area (Å²) in [7, 11) is 1.40. The van der Waals surface area contributed by atoms with E-state index >= 15 is 0 Å². The summed E-state index contributed by atoms with van der Waals surface area (Å²) < 4.78 is 10.0. The predicted molar refractivity (Wildman–Crippen MR) is 100.0 cm³/mol. The van der Waals surface area contributed by atoms with Crippen molar-refractivity contribution in [3.05, 3.63) is 58.7 Å². The number of halogens is 1. The molecule has 0 atom stereocenters. The topological polar surface area (TPSA) is 122 Å². The number of H-pyrrole nitrogens is 1. The van der Waals surface area contributed by atoms with E-state index in [-0.39, 0.29) is 17.0 Å². The fourth-order valence-electron chi connectivity index (χ4n) is 2.41. The number of nitrogens with one attached hydrogen (secondary N) is 3. The highest BCUT2D eigenvalue weighted by atomic mass is 35.5. The number of ether oxygens (including phenoxy) is 2. The van der Waals surface area contributed by atoms with E-state index in [1.807, 2.05) is 0 Å². The normalized spacial score (nSPS) is 10.4. The highest BCUT2D eigenvalue weighted by molar-refractivity contribution is 6.31. The number of hydrogen-bond donors (Lipinski definition) is 3. The summed E-state index contributed by atoms with van der Waals surface area (Å²) >= 11 is 5.87. The lowest BCUT2D eigenvalue weighted by Gasteiger charge is -2.10. The van der Waals surface area contributed by atoms with Crippen LogP contribution in [0, 0.1) is 0 Å². The molecule has 0 aliphatic rings. The molecule has 0 bridgehead atoms. The number of amides is 2. The molecule has 144 valence electrons. The third-order valence-electron chi connectivity index (χ3n) is 3.72. The number of para-hydroxylation sites is 1. The zero-order chi connectivity index (χ0) is 20.1. The molecule has 2 amide bonds. The molecule has 0 saturated carbocycles. The molecule has 3 N–H and O–H groups in total. The molecule has 0 spiro atoms. The Kier molecular flexibility index (Phi) is 5.75. The first-order chi connectivity index (χ1) is 13.5. The molecule has 0 saturated heterocycles. The fourth-order valence-corrected chi connectivity index (χ4v) is 2.58. The SMILES string of the molecule is COc1ccc(Cl)cc1C(=O)NNC(=O)COC(=O)c1n[nH]c2ccccc12. The number of fused-ring (bicyclic) bond motifs is 1. The lowest BCUT2D eigenvalue weighted by atomic mass is 10.2. The third-order valence-corrected chi connectivity index (χ3v) is 3.95. The number of rotatable bonds is 5. The number of hydrogen-bond acceptors (Lipinski definition) is 6. The average Bonchev–Trinajstić information content (AvgIpc) is 3.14. The van der Waals surface area contributed by atoms with E-state index < -0.39 is 24.4 Å². The van der Waals surface area contributed by atoms with E-state index in [0.717, 1.165) is 0 Å². The van der Waals surface area contributed by atoms with Gasteiger partial charge in [-0.05, 0) is 24.3 Å². The van der Waals surface area contributed by atoms with Gasteiger partial charge in [-0.1, -0.05) is 29.8 Å². The van der Waals surface area contributed by atoms with Crippen molar-refractivity contribution in [1.82, 2.24) is 21.0 Å². The van der Waals surface area contributed by atoms with Crippen LogP contribution in [-0.4, -0.2) is 41.7 Å². The Morgan fingerprint density at radius 2 is 1.93 bits per heavy atom. The highest BCUT2D eigenvalue weighted by Crippen LogP contribution is 2.22. The van der Waals surface area contributed by atoms with E-state index in [1.54, 1.807) is 30.3 Å². The lowest BCUT2D eigenvalue weighted by Crippen LogP contribution is -2.43. The molecule has 2 aromatic carbocycles. The van der Waals surface area contributed by atoms with Crippen molar-refractivity contribution in [1.29, 1.82) is 0 Å². The summed E-state index contributed by atoms with van der Waals surface area (Å²) in [5, 5.41) is 7.50. The Hall–Kier alpha value is -3.59. The second-order valence-corrected chi connectivity index (χ2v) is 5.98. The maximum absolute atomic E-state index is 12.2. The Morgan fingerprint density at radius 1 is 1.14 bits per heavy atom. The number of esters is 1. The minimum absolute atomic E-state index is 0.0658. The Balaban J connectivity index is 1.54. The van der Waals surface area contributed by atoms with Gasteiger partial charge in [0.1, 0.15) is 5.75 Å². The van der Waals surface area contributed by atoms with Gasteiger partial charge in [-0.3, -0.25) is 25.5 Å². The van der Waals surface area contributed by atoms with Gasteiger partial charge in [0, 0.05) is 10.4 Å². The smallest absolute Gasteiger partial charge is 0.359 e. The van der Waals surface area contributed by atoms with Crippen molar-refractivity contribution >= 4 is 40.3 Å². The molecule has 0 unspecified atom stereocenters. The lowest BCUT2D eigenvalue weighted by molar-refractivity contribution is -0.125. The molecule has 28 heavy (non-hydrogen) atoms. The number of methoxy groups -OCH3 is 1. The molecule has 3 aromatic rings. The zero-order valence-corrected chi connectivity index (χ0v) is 15.4. The van der Waals surface area contributed by atoms with Gasteiger partial charge in [-0.25, -0.2) is 4.79 Å². The fraction of sp³-hybridized carbons (Fsp3) is 0.111. The molecule has 0 fully saturated rings. The minimum Gasteiger partial charge on any atom is -0.496 e. The van der Waals surface area contributed by atoms with Crippen molar-refractivity contribution in [3.63, 3.8) is 0 Å². The van der Waals surface area contributed by atoms with Crippen LogP contribution in [0.15, 0.2) is 42.5 Å². The molecule has 9 nitrogen and oxygen atoms in total. The van der Waals surface area contributed by atoms with Crippen LogP contribution in [0.25, 0.3) is 10.9 Å². The van der Waals surface area contributed by atoms with Gasteiger partial charge in [0.2, 0.25) is 0 Å². The molecular weight excluding hydrogens is 388 g/mol. The number of carbonyl (C=O) groups excluding carboxylic acids is 3. The summed E-state index contributed by atoms with van der Waals surface area (Å²) in [6.45, 7) is -0.604. The third kappa shape index (κ3) is 4.21. The van der Waals surface area contributed by atoms with Crippen molar-refractivity contribution in [2.75, 3.05) is 13.7 Å². The first-order valence-electron chi connectivity index (χ1n) is 8.02. The second-order valence-electron chi connectivity index (χ2n) is 5.54. The van der Waals surface area contributed by atoms with Crippen LogP contribution in [0.3, 0.4) is 0 Å². The van der Waals surface area contributed by atoms with Gasteiger partial charge in [0.25, 0.3) is 11.8 Å². The molecular formula is C18H15ClN4O5. The maximum Gasteiger partial charge on any atom is 0.359 e. The minimum atomic E-state index is -0.768. The molecule has 0 radical (unpaired) electrons. The van der Waals surface area contributed by atoms with E-state index in [1.165, 1.54) is 19.2 Å². The van der Waals surface area contributed by atoms with E-state index in [4.69, 9.17) is 21.1 Å². The van der Waals surface area contributed by atoms with Crippen molar-refractivity contribution in [3.8, 4) is 5.75 Å². The number of nitrogens with zero attached hydrogens (tertiary/aromatic N) is 1. The average molecular weight is 403 g/mol. The van der Waals surface area contributed by atoms with E-state index in [0.29, 0.717) is 15.9 Å². The Morgan fingerprint density at radius 3 is 2.71 bits per heavy atom. The van der Waals surface area contributed by atoms with Crippen LogP contribution in [-0.2, 0) is 9.53 Å². The molecule has 0 aliphatic heterocycles. The summed E-state index contributed by atoms with van der Waals surface area (Å²) in [4.78, 5) is 36.1. The number of hydrazine groups is 1. The molecule has 0 aliphatic carbocycles. The van der Waals surface area contributed by atoms with Crippen LogP contribution in [0.1, 0.15) is 20.8 Å². The van der Waals surface area contributed by atoms with Crippen LogP contribution in [0.2, 0.25) is 5.02 Å². The summed E-state index contributed by atoms with van der Waals surface area (Å²) in [5.41, 5.74) is 5.21. The quantitative estimate of drug-likeness (QED) is 0.442. The van der Waals surface area contributed by atoms with Gasteiger partial charge >= 0.3 is 5.97 Å². The van der Waals surface area contributed by atoms with Crippen molar-refractivity contribution in [2.24, 2.45) is 0 Å². The number of aromatic nitrogens is 2.